The van der Waals surface area contributed by atoms with E-state index < -0.39 is 5.97 Å². The molecule has 1 aromatic heterocycles. The lowest BCUT2D eigenvalue weighted by Crippen LogP contribution is -2.27. The van der Waals surface area contributed by atoms with Crippen LogP contribution in [0.5, 0.6) is 0 Å². The SMILES string of the molecule is O=C(O)CCN=C1CC(c2ccccc2)CC(=O)/C1=C(\O)CCc1noc2c1C(=O)CCC2. The van der Waals surface area contributed by atoms with Gasteiger partial charge in [-0.1, -0.05) is 35.5 Å². The molecule has 0 radical (unpaired) electrons. The fourth-order valence-corrected chi connectivity index (χ4v) is 4.53. The van der Waals surface area contributed by atoms with Crippen molar-refractivity contribution in [3.05, 3.63) is 64.2 Å². The smallest absolute Gasteiger partial charge is 0.305 e. The number of hydrogen-bond donors (Lipinski definition) is 2. The van der Waals surface area contributed by atoms with Gasteiger partial charge in [-0.3, -0.25) is 19.4 Å². The molecule has 2 aliphatic rings. The lowest BCUT2D eigenvalue weighted by Gasteiger charge is -2.26. The van der Waals surface area contributed by atoms with E-state index in [9.17, 15) is 19.5 Å². The summed E-state index contributed by atoms with van der Waals surface area (Å²) in [6.45, 7) is 0.0293. The number of carbonyl (C=O) groups is 3. The maximum atomic E-state index is 13.1. The fraction of sp³-hybridized carbons (Fsp3) is 0.400. The molecule has 0 saturated heterocycles. The number of carboxylic acids is 1. The van der Waals surface area contributed by atoms with Crippen LogP contribution in [0.3, 0.4) is 0 Å². The Morgan fingerprint density at radius 1 is 1.06 bits per heavy atom. The summed E-state index contributed by atoms with van der Waals surface area (Å²) in [5.74, 6) is -0.811. The summed E-state index contributed by atoms with van der Waals surface area (Å²) in [6.07, 6.45) is 2.75. The van der Waals surface area contributed by atoms with Gasteiger partial charge in [0.25, 0.3) is 0 Å². The standard InChI is InChI=1S/C25H26N2O6/c28-19-7-4-8-22-25(19)17(27-33-22)9-10-20(29)24-18(26-12-11-23(31)32)13-16(14-21(24)30)15-5-2-1-3-6-15/h1-3,5-6,16,29H,4,7-14H2,(H,31,32)/b24-20-,26-18?. The molecule has 2 aromatic rings. The van der Waals surface area contributed by atoms with E-state index in [1.54, 1.807) is 0 Å². The molecule has 2 N–H and O–H groups in total. The molecule has 0 bridgehead atoms. The maximum Gasteiger partial charge on any atom is 0.305 e. The summed E-state index contributed by atoms with van der Waals surface area (Å²) in [4.78, 5) is 40.7. The van der Waals surface area contributed by atoms with Crippen LogP contribution in [0.4, 0.5) is 0 Å². The van der Waals surface area contributed by atoms with Crippen molar-refractivity contribution in [3.63, 3.8) is 0 Å². The average Bonchev–Trinajstić information content (AvgIpc) is 3.22. The number of nitrogens with zero attached hydrogens (tertiary/aromatic N) is 2. The molecule has 33 heavy (non-hydrogen) atoms. The van der Waals surface area contributed by atoms with Crippen LogP contribution in [0.1, 0.15) is 71.8 Å². The monoisotopic (exact) mass is 450 g/mol. The van der Waals surface area contributed by atoms with Gasteiger partial charge in [0.05, 0.1) is 23.3 Å². The van der Waals surface area contributed by atoms with Gasteiger partial charge in [0.2, 0.25) is 0 Å². The Kier molecular flexibility index (Phi) is 6.82. The number of carbonyl (C=O) groups excluding carboxylic acids is 2. The first-order valence-corrected chi connectivity index (χ1v) is 11.2. The van der Waals surface area contributed by atoms with Crippen molar-refractivity contribution in [1.82, 2.24) is 5.16 Å². The quantitative estimate of drug-likeness (QED) is 0.481. The van der Waals surface area contributed by atoms with E-state index in [0.717, 1.165) is 12.0 Å². The Morgan fingerprint density at radius 3 is 2.61 bits per heavy atom. The van der Waals surface area contributed by atoms with E-state index in [0.29, 0.717) is 42.0 Å². The zero-order valence-corrected chi connectivity index (χ0v) is 18.2. The number of aliphatic hydroxyl groups excluding tert-OH is 1. The van der Waals surface area contributed by atoms with Crippen LogP contribution in [0.15, 0.2) is 51.2 Å². The number of aromatic nitrogens is 1. The van der Waals surface area contributed by atoms with Crippen molar-refractivity contribution in [2.75, 3.05) is 6.54 Å². The second kappa shape index (κ2) is 9.94. The summed E-state index contributed by atoms with van der Waals surface area (Å²) in [6, 6.07) is 9.62. The number of benzene rings is 1. The fourth-order valence-electron chi connectivity index (χ4n) is 4.53. The first-order chi connectivity index (χ1) is 15.9. The van der Waals surface area contributed by atoms with E-state index in [1.807, 2.05) is 30.3 Å². The van der Waals surface area contributed by atoms with Crippen molar-refractivity contribution in [3.8, 4) is 0 Å². The van der Waals surface area contributed by atoms with Gasteiger partial charge in [-0.25, -0.2) is 0 Å². The van der Waals surface area contributed by atoms with Gasteiger partial charge in [-0.15, -0.1) is 0 Å². The van der Waals surface area contributed by atoms with E-state index >= 15 is 0 Å². The van der Waals surface area contributed by atoms with Crippen LogP contribution in [-0.2, 0) is 22.4 Å². The summed E-state index contributed by atoms with van der Waals surface area (Å²) >= 11 is 0. The van der Waals surface area contributed by atoms with Crippen LogP contribution < -0.4 is 0 Å². The number of aliphatic imine (C=N–C) groups is 1. The summed E-state index contributed by atoms with van der Waals surface area (Å²) in [5, 5.41) is 23.8. The number of carboxylic acid groups (broad SMARTS) is 1. The van der Waals surface area contributed by atoms with Crippen molar-refractivity contribution in [2.45, 2.75) is 57.3 Å². The number of ketones is 2. The highest BCUT2D eigenvalue weighted by atomic mass is 16.5. The lowest BCUT2D eigenvalue weighted by atomic mass is 9.78. The van der Waals surface area contributed by atoms with Gasteiger partial charge in [-0.2, -0.15) is 0 Å². The van der Waals surface area contributed by atoms with Gasteiger partial charge < -0.3 is 14.7 Å². The van der Waals surface area contributed by atoms with E-state index in [-0.39, 0.29) is 61.0 Å². The van der Waals surface area contributed by atoms with Gasteiger partial charge in [-0.05, 0) is 24.3 Å². The molecule has 1 aromatic carbocycles. The Hall–Kier alpha value is -3.55. The van der Waals surface area contributed by atoms with E-state index in [4.69, 9.17) is 9.63 Å². The van der Waals surface area contributed by atoms with E-state index in [1.165, 1.54) is 0 Å². The number of aliphatic hydroxyl groups is 1. The first-order valence-electron chi connectivity index (χ1n) is 11.2. The molecular weight excluding hydrogens is 424 g/mol. The molecule has 1 fully saturated rings. The number of allylic oxidation sites excluding steroid dienone is 2. The molecule has 0 spiro atoms. The first kappa shape index (κ1) is 22.6. The Bertz CT molecular complexity index is 1130. The molecule has 4 rings (SSSR count). The van der Waals surface area contributed by atoms with Gasteiger partial charge in [0.15, 0.2) is 11.6 Å². The second-order valence-electron chi connectivity index (χ2n) is 8.44. The Labute approximate surface area is 191 Å². The minimum atomic E-state index is -0.976. The molecule has 1 atom stereocenters. The molecule has 1 unspecified atom stereocenters. The van der Waals surface area contributed by atoms with Crippen molar-refractivity contribution >= 4 is 23.2 Å². The van der Waals surface area contributed by atoms with Gasteiger partial charge >= 0.3 is 5.97 Å². The summed E-state index contributed by atoms with van der Waals surface area (Å²) < 4.78 is 5.30. The molecular formula is C25H26N2O6. The second-order valence-corrected chi connectivity index (χ2v) is 8.44. The molecule has 1 saturated carbocycles. The normalized spacial score (nSPS) is 21.2. The van der Waals surface area contributed by atoms with Crippen LogP contribution in [0.25, 0.3) is 0 Å². The lowest BCUT2D eigenvalue weighted by molar-refractivity contribution is -0.136. The van der Waals surface area contributed by atoms with Crippen molar-refractivity contribution in [2.24, 2.45) is 4.99 Å². The molecule has 0 amide bonds. The van der Waals surface area contributed by atoms with Gasteiger partial charge in [0.1, 0.15) is 11.5 Å². The molecule has 8 heteroatoms. The summed E-state index contributed by atoms with van der Waals surface area (Å²) in [7, 11) is 0. The van der Waals surface area contributed by atoms with Crippen molar-refractivity contribution < 1.29 is 29.1 Å². The number of fused-ring (bicyclic) bond motifs is 1. The largest absolute Gasteiger partial charge is 0.511 e. The highest BCUT2D eigenvalue weighted by Gasteiger charge is 2.33. The summed E-state index contributed by atoms with van der Waals surface area (Å²) in [5.41, 5.74) is 2.60. The van der Waals surface area contributed by atoms with Crippen molar-refractivity contribution in [1.29, 1.82) is 0 Å². The highest BCUT2D eigenvalue weighted by Crippen LogP contribution is 2.34. The van der Waals surface area contributed by atoms with E-state index in [2.05, 4.69) is 10.1 Å². The number of rotatable bonds is 7. The third-order valence-electron chi connectivity index (χ3n) is 6.15. The van der Waals surface area contributed by atoms with Crippen LogP contribution in [-0.4, -0.2) is 45.2 Å². The third kappa shape index (κ3) is 5.10. The highest BCUT2D eigenvalue weighted by molar-refractivity contribution is 6.24. The molecule has 1 heterocycles. The third-order valence-corrected chi connectivity index (χ3v) is 6.15. The minimum Gasteiger partial charge on any atom is -0.511 e. The predicted molar refractivity (Wildman–Crippen MR) is 120 cm³/mol. The maximum absolute atomic E-state index is 13.1. The number of hydrogen-bond acceptors (Lipinski definition) is 7. The predicted octanol–water partition coefficient (Wildman–Crippen LogP) is 4.00. The zero-order chi connectivity index (χ0) is 23.4. The van der Waals surface area contributed by atoms with Crippen LogP contribution in [0.2, 0.25) is 0 Å². The number of aliphatic carboxylic acids is 1. The topological polar surface area (TPSA) is 130 Å². The average molecular weight is 450 g/mol. The van der Waals surface area contributed by atoms with Crippen LogP contribution >= 0.6 is 0 Å². The van der Waals surface area contributed by atoms with Crippen LogP contribution in [0, 0.1) is 0 Å². The van der Waals surface area contributed by atoms with Gasteiger partial charge in [0, 0.05) is 44.4 Å². The molecule has 172 valence electrons. The minimum absolute atomic E-state index is 0.00462. The number of Topliss-reactive ketones (excluding diaryl/α,β-unsaturated/α-hetero) is 2. The zero-order valence-electron chi connectivity index (χ0n) is 18.2. The molecule has 2 aliphatic carbocycles. The molecule has 0 aliphatic heterocycles. The number of aryl methyl sites for hydroxylation is 2. The Morgan fingerprint density at radius 2 is 1.85 bits per heavy atom. The molecule has 8 nitrogen and oxygen atoms in total. The Balaban J connectivity index is 1.57.